The van der Waals surface area contributed by atoms with Crippen LogP contribution in [-0.2, 0) is 11.1 Å². The fourth-order valence-corrected chi connectivity index (χ4v) is 7.86. The average Bonchev–Trinajstić information content (AvgIpc) is 3.47. The molecule has 0 saturated heterocycles. The minimum Gasteiger partial charge on any atom is -0.336 e. The van der Waals surface area contributed by atoms with Crippen LogP contribution in [0.15, 0.2) is 212 Å². The molecule has 0 spiro atoms. The third-order valence-corrected chi connectivity index (χ3v) is 9.55. The summed E-state index contributed by atoms with van der Waals surface area (Å²) in [5.74, 6) is 0. The van der Waals surface area contributed by atoms with Crippen LogP contribution in [-0.4, -0.2) is 0 Å². The highest BCUT2D eigenvalue weighted by Crippen LogP contribution is 2.67. The lowest BCUT2D eigenvalue weighted by Gasteiger charge is -2.52. The molecule has 0 fully saturated rings. The van der Waals surface area contributed by atoms with Crippen molar-refractivity contribution in [3.05, 3.63) is 246 Å². The third-order valence-electron chi connectivity index (χ3n) is 9.55. The Morgan fingerprint density at radius 1 is 0.255 bits per heavy atom. The fourth-order valence-electron chi connectivity index (χ4n) is 7.86. The topological polar surface area (TPSA) is 3.24 Å². The molecule has 0 N–H and O–H groups in total. The van der Waals surface area contributed by atoms with E-state index in [1.54, 1.807) is 0 Å². The Hall–Kier alpha value is -5.92. The summed E-state index contributed by atoms with van der Waals surface area (Å²) in [6.07, 6.45) is 0. The number of nitrogens with zero attached hydrogens (tertiary/aromatic N) is 1. The second kappa shape index (κ2) is 12.1. The van der Waals surface area contributed by atoms with Crippen LogP contribution in [0.2, 0.25) is 0 Å². The monoisotopic (exact) mass is 601 g/mol. The van der Waals surface area contributed by atoms with Crippen molar-refractivity contribution in [1.29, 1.82) is 0 Å². The Labute approximate surface area is 277 Å². The first-order valence-corrected chi connectivity index (χ1v) is 16.3. The molecule has 0 amide bonds. The maximum atomic E-state index is 2.72. The molecular formula is C46H35N. The van der Waals surface area contributed by atoms with Gasteiger partial charge in [-0.25, -0.2) is 0 Å². The number of para-hydroxylation sites is 1. The van der Waals surface area contributed by atoms with Gasteiger partial charge in [0.1, 0.15) is 11.1 Å². The Kier molecular flexibility index (Phi) is 7.36. The van der Waals surface area contributed by atoms with Crippen LogP contribution in [0.1, 0.15) is 33.4 Å². The van der Waals surface area contributed by atoms with E-state index < -0.39 is 11.1 Å². The maximum absolute atomic E-state index is 2.72. The van der Waals surface area contributed by atoms with Gasteiger partial charge in [0.25, 0.3) is 0 Å². The van der Waals surface area contributed by atoms with Gasteiger partial charge in [0, 0.05) is 16.8 Å². The second-order valence-electron chi connectivity index (χ2n) is 12.0. The first-order chi connectivity index (χ1) is 23.4. The van der Waals surface area contributed by atoms with Crippen molar-refractivity contribution < 1.29 is 0 Å². The zero-order chi connectivity index (χ0) is 31.5. The van der Waals surface area contributed by atoms with Crippen molar-refractivity contribution in [2.45, 2.75) is 11.1 Å². The van der Waals surface area contributed by atoms with Gasteiger partial charge in [-0.1, -0.05) is 200 Å². The maximum Gasteiger partial charge on any atom is 0.119 e. The van der Waals surface area contributed by atoms with Gasteiger partial charge >= 0.3 is 0 Å². The summed E-state index contributed by atoms with van der Waals surface area (Å²) in [6.45, 7) is 0. The summed E-state index contributed by atoms with van der Waals surface area (Å²) >= 11 is 0. The van der Waals surface area contributed by atoms with Crippen LogP contribution < -0.4 is 4.90 Å². The van der Waals surface area contributed by atoms with Crippen LogP contribution in [0, 0.1) is 0 Å². The van der Waals surface area contributed by atoms with Crippen LogP contribution in [0.4, 0.5) is 5.69 Å². The van der Waals surface area contributed by atoms with Crippen LogP contribution in [0.5, 0.6) is 0 Å². The number of rotatable bonds is 7. The minimum absolute atomic E-state index is 0.748. The molecule has 0 radical (unpaired) electrons. The standard InChI is InChI=1S/C46H35N/c1-8-22-36(23-9-1)43-44(37-24-10-2-11-25-37)46(40-30-16-5-17-31-40,41-32-18-6-19-33-41)47(42-34-20-7-21-35-42)45(43,38-26-12-3-13-27-38)39-28-14-4-15-29-39/h1-35H. The molecule has 7 aromatic rings. The summed E-state index contributed by atoms with van der Waals surface area (Å²) in [6, 6.07) is 77.4. The van der Waals surface area contributed by atoms with E-state index in [0.717, 1.165) is 5.69 Å². The van der Waals surface area contributed by atoms with Gasteiger partial charge in [0.05, 0.1) is 0 Å². The number of hydrogen-bond donors (Lipinski definition) is 0. The Balaban J connectivity index is 1.71. The van der Waals surface area contributed by atoms with Crippen molar-refractivity contribution >= 4 is 16.8 Å². The van der Waals surface area contributed by atoms with Crippen molar-refractivity contribution in [1.82, 2.24) is 0 Å². The van der Waals surface area contributed by atoms with Gasteiger partial charge in [-0.2, -0.15) is 0 Å². The Morgan fingerprint density at radius 3 is 0.766 bits per heavy atom. The Morgan fingerprint density at radius 2 is 0.489 bits per heavy atom. The third kappa shape index (κ3) is 4.47. The van der Waals surface area contributed by atoms with Gasteiger partial charge in [-0.15, -0.1) is 0 Å². The highest BCUT2D eigenvalue weighted by Gasteiger charge is 2.63. The molecule has 1 nitrogen and oxygen atoms in total. The van der Waals surface area contributed by atoms with Gasteiger partial charge < -0.3 is 4.90 Å². The molecule has 1 aliphatic rings. The minimum atomic E-state index is -0.748. The van der Waals surface area contributed by atoms with E-state index in [1.165, 1.54) is 44.5 Å². The lowest BCUT2D eigenvalue weighted by Crippen LogP contribution is -2.54. The SMILES string of the molecule is c1ccc(C2=C(c3ccccc3)C(c3ccccc3)(c3ccccc3)N(c3ccccc3)C2(c2ccccc2)c2ccccc2)cc1. The lowest BCUT2D eigenvalue weighted by molar-refractivity contribution is 0.514. The smallest absolute Gasteiger partial charge is 0.119 e. The summed E-state index contributed by atoms with van der Waals surface area (Å²) < 4.78 is 0. The van der Waals surface area contributed by atoms with Crippen molar-refractivity contribution in [3.63, 3.8) is 0 Å². The van der Waals surface area contributed by atoms with E-state index in [-0.39, 0.29) is 0 Å². The van der Waals surface area contributed by atoms with Gasteiger partial charge in [-0.05, 0) is 45.5 Å². The summed E-state index contributed by atoms with van der Waals surface area (Å²) in [5, 5.41) is 0. The van der Waals surface area contributed by atoms with E-state index in [2.05, 4.69) is 217 Å². The molecule has 7 aromatic carbocycles. The summed E-state index contributed by atoms with van der Waals surface area (Å²) in [4.78, 5) is 2.72. The molecule has 0 aromatic heterocycles. The number of hydrogen-bond acceptors (Lipinski definition) is 1. The molecule has 0 atom stereocenters. The fraction of sp³-hybridized carbons (Fsp3) is 0.0435. The molecule has 8 rings (SSSR count). The van der Waals surface area contributed by atoms with E-state index in [0.29, 0.717) is 0 Å². The Bertz CT molecular complexity index is 1870. The van der Waals surface area contributed by atoms with E-state index in [1.807, 2.05) is 0 Å². The van der Waals surface area contributed by atoms with Crippen LogP contribution in [0.3, 0.4) is 0 Å². The first kappa shape index (κ1) is 28.5. The second-order valence-corrected chi connectivity index (χ2v) is 12.0. The molecular weight excluding hydrogens is 567 g/mol. The van der Waals surface area contributed by atoms with Gasteiger partial charge in [0.2, 0.25) is 0 Å². The zero-order valence-electron chi connectivity index (χ0n) is 26.2. The average molecular weight is 602 g/mol. The highest BCUT2D eigenvalue weighted by molar-refractivity contribution is 6.10. The van der Waals surface area contributed by atoms with Crippen LogP contribution in [0.25, 0.3) is 11.1 Å². The molecule has 1 aliphatic heterocycles. The van der Waals surface area contributed by atoms with Crippen molar-refractivity contribution in [3.8, 4) is 0 Å². The molecule has 0 saturated carbocycles. The molecule has 0 bridgehead atoms. The van der Waals surface area contributed by atoms with E-state index >= 15 is 0 Å². The molecule has 0 aliphatic carbocycles. The number of benzene rings is 7. The normalized spacial score (nSPS) is 15.0. The van der Waals surface area contributed by atoms with Crippen LogP contribution >= 0.6 is 0 Å². The van der Waals surface area contributed by atoms with Gasteiger partial charge in [-0.3, -0.25) is 0 Å². The highest BCUT2D eigenvalue weighted by atomic mass is 15.3. The lowest BCUT2D eigenvalue weighted by atomic mass is 9.72. The predicted octanol–water partition coefficient (Wildman–Crippen LogP) is 11.0. The predicted molar refractivity (Wildman–Crippen MR) is 196 cm³/mol. The molecule has 47 heavy (non-hydrogen) atoms. The van der Waals surface area contributed by atoms with Crippen molar-refractivity contribution in [2.75, 3.05) is 4.90 Å². The molecule has 1 heteroatoms. The van der Waals surface area contributed by atoms with E-state index in [4.69, 9.17) is 0 Å². The summed E-state index contributed by atoms with van der Waals surface area (Å²) in [5.41, 5.74) is 9.36. The largest absolute Gasteiger partial charge is 0.336 e. The molecule has 0 unspecified atom stereocenters. The quantitative estimate of drug-likeness (QED) is 0.176. The molecule has 1 heterocycles. The first-order valence-electron chi connectivity index (χ1n) is 16.3. The zero-order valence-corrected chi connectivity index (χ0v) is 26.2. The molecule has 224 valence electrons. The number of anilines is 1. The summed E-state index contributed by atoms with van der Waals surface area (Å²) in [7, 11) is 0. The van der Waals surface area contributed by atoms with Gasteiger partial charge in [0.15, 0.2) is 0 Å². The van der Waals surface area contributed by atoms with Crippen molar-refractivity contribution in [2.24, 2.45) is 0 Å². The van der Waals surface area contributed by atoms with E-state index in [9.17, 15) is 0 Å².